The highest BCUT2D eigenvalue weighted by molar-refractivity contribution is 5.92. The number of para-hydroxylation sites is 1. The number of carbonyl (C=O) groups excluding carboxylic acids is 1. The largest absolute Gasteiger partial charge is 0.478 e. The van der Waals surface area contributed by atoms with Crippen LogP contribution in [0, 0.1) is 12.7 Å². The zero-order valence-corrected chi connectivity index (χ0v) is 13.7. The number of nitrogens with one attached hydrogen (secondary N) is 1. The fourth-order valence-corrected chi connectivity index (χ4v) is 2.08. The fourth-order valence-electron chi connectivity index (χ4n) is 2.08. The van der Waals surface area contributed by atoms with Crippen molar-refractivity contribution >= 4 is 11.9 Å². The molecule has 0 fully saturated rings. The lowest BCUT2D eigenvalue weighted by Gasteiger charge is -2.13. The molecule has 1 amide bonds. The summed E-state index contributed by atoms with van der Waals surface area (Å²) in [7, 11) is 0. The Hall–Kier alpha value is -3.22. The molecule has 1 N–H and O–H groups in total. The number of hydrogen-bond donors (Lipinski definition) is 1. The number of rotatable bonds is 5. The zero-order chi connectivity index (χ0) is 17.8. The fraction of sp³-hybridized carbons (Fsp3) is 0.167. The second-order valence-corrected chi connectivity index (χ2v) is 5.47. The maximum Gasteiger partial charge on any atom is 0.270 e. The summed E-state index contributed by atoms with van der Waals surface area (Å²) in [6.07, 6.45) is -0.932. The van der Waals surface area contributed by atoms with Crippen LogP contribution in [0.15, 0.2) is 53.1 Å². The molecule has 7 heteroatoms. The third kappa shape index (κ3) is 4.00. The van der Waals surface area contributed by atoms with E-state index in [-0.39, 0.29) is 17.6 Å². The second kappa shape index (κ2) is 7.12. The Bertz CT molecular complexity index is 877. The summed E-state index contributed by atoms with van der Waals surface area (Å²) in [6.45, 7) is 3.48. The number of amides is 1. The molecular formula is C18H16FN3O3. The molecule has 128 valence electrons. The van der Waals surface area contributed by atoms with Gasteiger partial charge in [-0.25, -0.2) is 4.39 Å². The van der Waals surface area contributed by atoms with Crippen LogP contribution in [0.4, 0.5) is 10.3 Å². The average Bonchev–Trinajstić information content (AvgIpc) is 3.06. The molecule has 1 atom stereocenters. The zero-order valence-electron chi connectivity index (χ0n) is 13.7. The molecule has 0 saturated heterocycles. The number of nitrogens with zero attached hydrogens (tertiary/aromatic N) is 2. The molecule has 6 nitrogen and oxygen atoms in total. The van der Waals surface area contributed by atoms with Crippen LogP contribution in [-0.2, 0) is 4.79 Å². The first-order chi connectivity index (χ1) is 12.0. The van der Waals surface area contributed by atoms with Gasteiger partial charge in [0.15, 0.2) is 17.7 Å². The van der Waals surface area contributed by atoms with Crippen molar-refractivity contribution in [2.45, 2.75) is 20.0 Å². The van der Waals surface area contributed by atoms with Gasteiger partial charge in [-0.3, -0.25) is 10.1 Å². The molecule has 2 aromatic carbocycles. The number of hydrogen-bond acceptors (Lipinski definition) is 5. The Balaban J connectivity index is 1.65. The number of halogens is 1. The quantitative estimate of drug-likeness (QED) is 0.767. The highest BCUT2D eigenvalue weighted by Gasteiger charge is 2.19. The van der Waals surface area contributed by atoms with E-state index in [0.717, 1.165) is 11.1 Å². The Morgan fingerprint density at radius 3 is 2.64 bits per heavy atom. The van der Waals surface area contributed by atoms with Crippen LogP contribution in [0.1, 0.15) is 12.5 Å². The van der Waals surface area contributed by atoms with E-state index in [1.54, 1.807) is 12.1 Å². The lowest BCUT2D eigenvalue weighted by atomic mass is 10.1. The predicted molar refractivity (Wildman–Crippen MR) is 89.6 cm³/mol. The van der Waals surface area contributed by atoms with Crippen LogP contribution in [0.25, 0.3) is 11.5 Å². The van der Waals surface area contributed by atoms with Gasteiger partial charge in [0.25, 0.3) is 17.7 Å². The summed E-state index contributed by atoms with van der Waals surface area (Å²) in [6, 6.07) is 13.4. The standard InChI is InChI=1S/C18H16FN3O3/c1-11-7-9-13(10-8-11)17-21-18(22-25-17)20-16(23)12(2)24-15-6-4-3-5-14(15)19/h3-10,12H,1-2H3,(H,20,22,23). The van der Waals surface area contributed by atoms with Crippen LogP contribution in [0.3, 0.4) is 0 Å². The SMILES string of the molecule is Cc1ccc(-c2nc(NC(=O)C(C)Oc3ccccc3F)no2)cc1. The van der Waals surface area contributed by atoms with Gasteiger partial charge in [0.2, 0.25) is 0 Å². The minimum absolute atomic E-state index is 0.00129. The number of anilines is 1. The van der Waals surface area contributed by atoms with Gasteiger partial charge < -0.3 is 9.26 Å². The van der Waals surface area contributed by atoms with Crippen LogP contribution in [-0.4, -0.2) is 22.2 Å². The van der Waals surface area contributed by atoms with E-state index in [1.807, 2.05) is 31.2 Å². The Kier molecular flexibility index (Phi) is 4.74. The van der Waals surface area contributed by atoms with Crippen molar-refractivity contribution in [3.05, 3.63) is 59.9 Å². The first-order valence-electron chi connectivity index (χ1n) is 7.66. The molecule has 3 aromatic rings. The topological polar surface area (TPSA) is 77.2 Å². The predicted octanol–water partition coefficient (Wildman–Crippen LogP) is 3.59. The van der Waals surface area contributed by atoms with Crippen LogP contribution in [0.2, 0.25) is 0 Å². The Morgan fingerprint density at radius 1 is 1.20 bits per heavy atom. The number of benzene rings is 2. The molecule has 0 bridgehead atoms. The smallest absolute Gasteiger partial charge is 0.270 e. The van der Waals surface area contributed by atoms with Crippen LogP contribution >= 0.6 is 0 Å². The summed E-state index contributed by atoms with van der Waals surface area (Å²) in [4.78, 5) is 16.3. The van der Waals surface area contributed by atoms with Gasteiger partial charge in [0, 0.05) is 5.56 Å². The molecule has 0 aliphatic heterocycles. The van der Waals surface area contributed by atoms with Crippen molar-refractivity contribution in [3.8, 4) is 17.2 Å². The van der Waals surface area contributed by atoms with Gasteiger partial charge in [-0.15, -0.1) is 0 Å². The molecule has 1 heterocycles. The molecule has 25 heavy (non-hydrogen) atoms. The minimum atomic E-state index is -0.932. The maximum absolute atomic E-state index is 13.6. The third-order valence-electron chi connectivity index (χ3n) is 3.47. The molecule has 0 saturated carbocycles. The Labute approximate surface area is 143 Å². The van der Waals surface area contributed by atoms with Gasteiger partial charge in [-0.05, 0) is 43.3 Å². The molecule has 0 aliphatic rings. The van der Waals surface area contributed by atoms with Crippen LogP contribution < -0.4 is 10.1 Å². The van der Waals surface area contributed by atoms with Gasteiger partial charge in [0.05, 0.1) is 0 Å². The molecular weight excluding hydrogens is 325 g/mol. The molecule has 0 radical (unpaired) electrons. The van der Waals surface area contributed by atoms with Crippen molar-refractivity contribution in [3.63, 3.8) is 0 Å². The van der Waals surface area contributed by atoms with E-state index >= 15 is 0 Å². The highest BCUT2D eigenvalue weighted by Crippen LogP contribution is 2.20. The van der Waals surface area contributed by atoms with Gasteiger partial charge in [-0.2, -0.15) is 4.98 Å². The summed E-state index contributed by atoms with van der Waals surface area (Å²) in [5.74, 6) is -0.746. The maximum atomic E-state index is 13.6. The highest BCUT2D eigenvalue weighted by atomic mass is 19.1. The summed E-state index contributed by atoms with van der Waals surface area (Å²) >= 11 is 0. The van der Waals surface area contributed by atoms with E-state index in [1.165, 1.54) is 19.1 Å². The summed E-state index contributed by atoms with van der Waals surface area (Å²) < 4.78 is 24.0. The first kappa shape index (κ1) is 16.6. The van der Waals surface area contributed by atoms with Crippen molar-refractivity contribution in [1.82, 2.24) is 10.1 Å². The molecule has 0 aliphatic carbocycles. The van der Waals surface area contributed by atoms with Gasteiger partial charge >= 0.3 is 0 Å². The average molecular weight is 341 g/mol. The van der Waals surface area contributed by atoms with Crippen LogP contribution in [0.5, 0.6) is 5.75 Å². The number of ether oxygens (including phenoxy) is 1. The van der Waals surface area contributed by atoms with E-state index in [0.29, 0.717) is 0 Å². The molecule has 1 aromatic heterocycles. The van der Waals surface area contributed by atoms with Crippen molar-refractivity contribution in [2.24, 2.45) is 0 Å². The lowest BCUT2D eigenvalue weighted by molar-refractivity contribution is -0.122. The number of aromatic nitrogens is 2. The lowest BCUT2D eigenvalue weighted by Crippen LogP contribution is -2.30. The summed E-state index contributed by atoms with van der Waals surface area (Å²) in [5.41, 5.74) is 1.85. The van der Waals surface area contributed by atoms with Gasteiger partial charge in [-0.1, -0.05) is 29.8 Å². The van der Waals surface area contributed by atoms with Crippen molar-refractivity contribution in [2.75, 3.05) is 5.32 Å². The van der Waals surface area contributed by atoms with Crippen molar-refractivity contribution in [1.29, 1.82) is 0 Å². The minimum Gasteiger partial charge on any atom is -0.478 e. The normalized spacial score (nSPS) is 11.8. The Morgan fingerprint density at radius 2 is 1.92 bits per heavy atom. The number of carbonyl (C=O) groups is 1. The monoisotopic (exact) mass is 341 g/mol. The van der Waals surface area contributed by atoms with E-state index in [4.69, 9.17) is 9.26 Å². The van der Waals surface area contributed by atoms with Gasteiger partial charge in [0.1, 0.15) is 0 Å². The molecule has 0 spiro atoms. The van der Waals surface area contributed by atoms with Crippen molar-refractivity contribution < 1.29 is 18.4 Å². The summed E-state index contributed by atoms with van der Waals surface area (Å²) in [5, 5.41) is 6.19. The molecule has 3 rings (SSSR count). The van der Waals surface area contributed by atoms with E-state index in [2.05, 4.69) is 15.5 Å². The second-order valence-electron chi connectivity index (χ2n) is 5.47. The van der Waals surface area contributed by atoms with E-state index in [9.17, 15) is 9.18 Å². The first-order valence-corrected chi connectivity index (χ1v) is 7.66. The van der Waals surface area contributed by atoms with E-state index < -0.39 is 17.8 Å². The molecule has 1 unspecified atom stereocenters. The third-order valence-corrected chi connectivity index (χ3v) is 3.47. The number of aryl methyl sites for hydroxylation is 1.